The molecule has 1 N–H and O–H groups in total. The van der Waals surface area contributed by atoms with E-state index < -0.39 is 0 Å². The van der Waals surface area contributed by atoms with Crippen molar-refractivity contribution in [3.8, 4) is 0 Å². The number of rotatable bonds is 3. The predicted octanol–water partition coefficient (Wildman–Crippen LogP) is -0.0809. The molecule has 1 atom stereocenters. The Hall–Kier alpha value is -0.650. The Kier molecular flexibility index (Phi) is 4.35. The number of ether oxygens (including phenoxy) is 1. The van der Waals surface area contributed by atoms with Crippen LogP contribution < -0.4 is 5.32 Å². The first-order valence-corrected chi connectivity index (χ1v) is 7.66. The van der Waals surface area contributed by atoms with Gasteiger partial charge in [0.1, 0.15) is 6.10 Å². The van der Waals surface area contributed by atoms with E-state index in [1.807, 2.05) is 4.90 Å². The minimum atomic E-state index is -0.257. The van der Waals surface area contributed by atoms with Crippen LogP contribution in [0.2, 0.25) is 0 Å². The molecule has 2 saturated heterocycles. The molecule has 5 heteroatoms. The number of morpholine rings is 1. The van der Waals surface area contributed by atoms with E-state index in [-0.39, 0.29) is 12.0 Å². The van der Waals surface area contributed by atoms with Crippen molar-refractivity contribution in [1.82, 2.24) is 15.1 Å². The molecule has 0 radical (unpaired) electrons. The Morgan fingerprint density at radius 2 is 2.00 bits per heavy atom. The molecule has 1 aliphatic carbocycles. The quantitative estimate of drug-likeness (QED) is 0.777. The van der Waals surface area contributed by atoms with Crippen LogP contribution >= 0.6 is 0 Å². The lowest BCUT2D eigenvalue weighted by atomic mass is 9.85. The summed E-state index contributed by atoms with van der Waals surface area (Å²) in [5.41, 5.74) is 0. The average molecular weight is 267 g/mol. The third-order valence-electron chi connectivity index (χ3n) is 4.63. The first kappa shape index (κ1) is 13.3. The molecule has 0 bridgehead atoms. The van der Waals surface area contributed by atoms with Crippen molar-refractivity contribution in [1.29, 1.82) is 0 Å². The van der Waals surface area contributed by atoms with Crippen LogP contribution in [0.25, 0.3) is 0 Å². The molecule has 1 saturated carbocycles. The van der Waals surface area contributed by atoms with Gasteiger partial charge < -0.3 is 15.0 Å². The second kappa shape index (κ2) is 6.20. The van der Waals surface area contributed by atoms with E-state index in [0.717, 1.165) is 38.6 Å². The van der Waals surface area contributed by atoms with Gasteiger partial charge in [0.25, 0.3) is 5.91 Å². The van der Waals surface area contributed by atoms with Crippen LogP contribution in [0.1, 0.15) is 19.3 Å². The summed E-state index contributed by atoms with van der Waals surface area (Å²) in [6, 6.07) is 0. The van der Waals surface area contributed by atoms with Crippen molar-refractivity contribution in [3.63, 3.8) is 0 Å². The number of hydrogen-bond donors (Lipinski definition) is 1. The maximum atomic E-state index is 12.3. The zero-order valence-electron chi connectivity index (χ0n) is 11.6. The molecular weight excluding hydrogens is 242 g/mol. The highest BCUT2D eigenvalue weighted by atomic mass is 16.5. The Morgan fingerprint density at radius 3 is 2.58 bits per heavy atom. The van der Waals surface area contributed by atoms with E-state index in [2.05, 4.69) is 10.2 Å². The van der Waals surface area contributed by atoms with Crippen molar-refractivity contribution >= 4 is 5.91 Å². The average Bonchev–Trinajstić information content (AvgIpc) is 2.44. The summed E-state index contributed by atoms with van der Waals surface area (Å²) in [4.78, 5) is 16.8. The Morgan fingerprint density at radius 1 is 1.21 bits per heavy atom. The zero-order chi connectivity index (χ0) is 13.1. The number of amides is 1. The van der Waals surface area contributed by atoms with Gasteiger partial charge >= 0.3 is 0 Å². The van der Waals surface area contributed by atoms with Crippen LogP contribution in [0.3, 0.4) is 0 Å². The van der Waals surface area contributed by atoms with Gasteiger partial charge in [0.15, 0.2) is 0 Å². The Labute approximate surface area is 115 Å². The van der Waals surface area contributed by atoms with Gasteiger partial charge in [-0.05, 0) is 18.8 Å². The molecule has 2 heterocycles. The fourth-order valence-corrected chi connectivity index (χ4v) is 3.12. The van der Waals surface area contributed by atoms with Gasteiger partial charge in [0, 0.05) is 45.8 Å². The largest absolute Gasteiger partial charge is 0.366 e. The standard InChI is InChI=1S/C14H25N3O2/c18-14(13-10-15-4-9-19-13)17-7-5-16(6-8-17)11-12-2-1-3-12/h12-13,15H,1-11H2/t13-/m0/s1. The zero-order valence-corrected chi connectivity index (χ0v) is 11.6. The summed E-state index contributed by atoms with van der Waals surface area (Å²) in [5.74, 6) is 1.10. The highest BCUT2D eigenvalue weighted by molar-refractivity contribution is 5.81. The summed E-state index contributed by atoms with van der Waals surface area (Å²) in [6.45, 7) is 7.21. The topological polar surface area (TPSA) is 44.8 Å². The number of piperazine rings is 1. The molecule has 2 aliphatic heterocycles. The molecular formula is C14H25N3O2. The first-order chi connectivity index (χ1) is 9.33. The lowest BCUT2D eigenvalue weighted by Gasteiger charge is -2.39. The van der Waals surface area contributed by atoms with Gasteiger partial charge in [-0.15, -0.1) is 0 Å². The van der Waals surface area contributed by atoms with Gasteiger partial charge in [-0.2, -0.15) is 0 Å². The fraction of sp³-hybridized carbons (Fsp3) is 0.929. The van der Waals surface area contributed by atoms with Gasteiger partial charge in [-0.3, -0.25) is 9.69 Å². The molecule has 19 heavy (non-hydrogen) atoms. The second-order valence-electron chi connectivity index (χ2n) is 5.99. The summed E-state index contributed by atoms with van der Waals surface area (Å²) in [5, 5.41) is 3.22. The van der Waals surface area contributed by atoms with E-state index in [1.165, 1.54) is 25.8 Å². The van der Waals surface area contributed by atoms with E-state index in [9.17, 15) is 4.79 Å². The van der Waals surface area contributed by atoms with E-state index in [1.54, 1.807) is 0 Å². The molecule has 3 aliphatic rings. The summed E-state index contributed by atoms with van der Waals surface area (Å²) < 4.78 is 5.54. The third-order valence-corrected chi connectivity index (χ3v) is 4.63. The van der Waals surface area contributed by atoms with Crippen LogP contribution in [0.15, 0.2) is 0 Å². The number of carbonyl (C=O) groups excluding carboxylic acids is 1. The van der Waals surface area contributed by atoms with Crippen molar-refractivity contribution in [3.05, 3.63) is 0 Å². The molecule has 0 aromatic heterocycles. The molecule has 5 nitrogen and oxygen atoms in total. The molecule has 3 rings (SSSR count). The predicted molar refractivity (Wildman–Crippen MR) is 73.0 cm³/mol. The minimum absolute atomic E-state index is 0.176. The fourth-order valence-electron chi connectivity index (χ4n) is 3.12. The molecule has 0 aromatic carbocycles. The van der Waals surface area contributed by atoms with Gasteiger partial charge in [-0.25, -0.2) is 0 Å². The summed E-state index contributed by atoms with van der Waals surface area (Å²) in [7, 11) is 0. The lowest BCUT2D eigenvalue weighted by Crippen LogP contribution is -2.55. The van der Waals surface area contributed by atoms with Gasteiger partial charge in [0.05, 0.1) is 6.61 Å². The second-order valence-corrected chi connectivity index (χ2v) is 5.99. The third kappa shape index (κ3) is 3.27. The Balaban J connectivity index is 1.42. The van der Waals surface area contributed by atoms with Crippen molar-refractivity contribution in [2.45, 2.75) is 25.4 Å². The number of nitrogens with zero attached hydrogens (tertiary/aromatic N) is 2. The van der Waals surface area contributed by atoms with Crippen molar-refractivity contribution < 1.29 is 9.53 Å². The van der Waals surface area contributed by atoms with Gasteiger partial charge in [0.2, 0.25) is 0 Å². The van der Waals surface area contributed by atoms with E-state index >= 15 is 0 Å². The lowest BCUT2D eigenvalue weighted by molar-refractivity contribution is -0.147. The van der Waals surface area contributed by atoms with Gasteiger partial charge in [-0.1, -0.05) is 6.42 Å². The summed E-state index contributed by atoms with van der Waals surface area (Å²) in [6.07, 6.45) is 3.96. The first-order valence-electron chi connectivity index (χ1n) is 7.66. The maximum absolute atomic E-state index is 12.3. The highest BCUT2D eigenvalue weighted by Gasteiger charge is 2.30. The number of hydrogen-bond acceptors (Lipinski definition) is 4. The van der Waals surface area contributed by atoms with Crippen LogP contribution in [-0.2, 0) is 9.53 Å². The highest BCUT2D eigenvalue weighted by Crippen LogP contribution is 2.27. The van der Waals surface area contributed by atoms with E-state index in [0.29, 0.717) is 13.2 Å². The molecule has 108 valence electrons. The molecule has 0 aromatic rings. The van der Waals surface area contributed by atoms with Crippen molar-refractivity contribution in [2.75, 3.05) is 52.4 Å². The van der Waals surface area contributed by atoms with Crippen molar-refractivity contribution in [2.24, 2.45) is 5.92 Å². The smallest absolute Gasteiger partial charge is 0.253 e. The molecule has 3 fully saturated rings. The van der Waals surface area contributed by atoms with Crippen LogP contribution in [-0.4, -0.2) is 74.2 Å². The Bertz CT molecular complexity index is 306. The summed E-state index contributed by atoms with van der Waals surface area (Å²) >= 11 is 0. The SMILES string of the molecule is O=C([C@@H]1CNCCO1)N1CCN(CC2CCC2)CC1. The number of carbonyl (C=O) groups is 1. The minimum Gasteiger partial charge on any atom is -0.366 e. The normalized spacial score (nSPS) is 30.1. The molecule has 1 amide bonds. The van der Waals surface area contributed by atoms with Crippen LogP contribution in [0.4, 0.5) is 0 Å². The monoisotopic (exact) mass is 267 g/mol. The molecule has 0 spiro atoms. The van der Waals surface area contributed by atoms with Crippen LogP contribution in [0, 0.1) is 5.92 Å². The maximum Gasteiger partial charge on any atom is 0.253 e. The van der Waals surface area contributed by atoms with E-state index in [4.69, 9.17) is 4.74 Å². The van der Waals surface area contributed by atoms with Crippen LogP contribution in [0.5, 0.6) is 0 Å². The molecule has 0 unspecified atom stereocenters. The number of nitrogens with one attached hydrogen (secondary N) is 1.